The third-order valence-corrected chi connectivity index (χ3v) is 2.93. The molecule has 0 radical (unpaired) electrons. The molecule has 2 rings (SSSR count). The number of aryl methyl sites for hydroxylation is 1. The second-order valence-corrected chi connectivity index (χ2v) is 4.08. The number of aromatic carboxylic acids is 1. The Morgan fingerprint density at radius 1 is 1.50 bits per heavy atom. The fourth-order valence-corrected chi connectivity index (χ4v) is 1.93. The van der Waals surface area contributed by atoms with Gasteiger partial charge in [-0.3, -0.25) is 0 Å². The molecular formula is C10H9N3O2S. The zero-order chi connectivity index (χ0) is 11.5. The van der Waals surface area contributed by atoms with Crippen molar-refractivity contribution in [1.82, 2.24) is 14.5 Å². The SMILES string of the molecule is Cn1ccnc1Sc1cccc(C(=O)O)n1. The van der Waals surface area contributed by atoms with Gasteiger partial charge in [0.15, 0.2) is 5.16 Å². The lowest BCUT2D eigenvalue weighted by Gasteiger charge is -2.01. The number of carbonyl (C=O) groups is 1. The Balaban J connectivity index is 2.25. The van der Waals surface area contributed by atoms with Crippen LogP contribution in [0.2, 0.25) is 0 Å². The summed E-state index contributed by atoms with van der Waals surface area (Å²) in [7, 11) is 1.87. The van der Waals surface area contributed by atoms with Crippen molar-refractivity contribution in [2.24, 2.45) is 7.05 Å². The number of hydrogen-bond acceptors (Lipinski definition) is 4. The third-order valence-electron chi connectivity index (χ3n) is 1.92. The molecule has 1 N–H and O–H groups in total. The molecule has 2 aromatic heterocycles. The van der Waals surface area contributed by atoms with Crippen molar-refractivity contribution < 1.29 is 9.90 Å². The lowest BCUT2D eigenvalue weighted by atomic mass is 10.4. The van der Waals surface area contributed by atoms with Crippen LogP contribution in [0.5, 0.6) is 0 Å². The average Bonchev–Trinajstić information content (AvgIpc) is 2.65. The van der Waals surface area contributed by atoms with E-state index < -0.39 is 5.97 Å². The van der Waals surface area contributed by atoms with Crippen molar-refractivity contribution in [3.63, 3.8) is 0 Å². The van der Waals surface area contributed by atoms with Crippen molar-refractivity contribution in [2.45, 2.75) is 10.2 Å². The molecule has 16 heavy (non-hydrogen) atoms. The molecule has 0 amide bonds. The van der Waals surface area contributed by atoms with Crippen molar-refractivity contribution in [3.05, 3.63) is 36.3 Å². The highest BCUT2D eigenvalue weighted by atomic mass is 32.2. The van der Waals surface area contributed by atoms with Gasteiger partial charge >= 0.3 is 5.97 Å². The minimum absolute atomic E-state index is 0.0409. The molecule has 0 bridgehead atoms. The quantitative estimate of drug-likeness (QED) is 0.876. The van der Waals surface area contributed by atoms with Gasteiger partial charge in [0.05, 0.1) is 0 Å². The van der Waals surface area contributed by atoms with Crippen LogP contribution in [-0.2, 0) is 7.05 Å². The monoisotopic (exact) mass is 235 g/mol. The highest BCUT2D eigenvalue weighted by molar-refractivity contribution is 7.99. The van der Waals surface area contributed by atoms with Crippen LogP contribution in [0.1, 0.15) is 10.5 Å². The number of nitrogens with zero attached hydrogens (tertiary/aromatic N) is 3. The summed E-state index contributed by atoms with van der Waals surface area (Å²) < 4.78 is 1.85. The first-order valence-corrected chi connectivity index (χ1v) is 5.34. The van der Waals surface area contributed by atoms with E-state index >= 15 is 0 Å². The van der Waals surface area contributed by atoms with Gasteiger partial charge < -0.3 is 9.67 Å². The summed E-state index contributed by atoms with van der Waals surface area (Å²) >= 11 is 1.33. The zero-order valence-electron chi connectivity index (χ0n) is 8.49. The fourth-order valence-electron chi connectivity index (χ4n) is 1.13. The van der Waals surface area contributed by atoms with Crippen molar-refractivity contribution in [1.29, 1.82) is 0 Å². The second-order valence-electron chi connectivity index (χ2n) is 3.09. The van der Waals surface area contributed by atoms with Crippen molar-refractivity contribution in [2.75, 3.05) is 0 Å². The normalized spacial score (nSPS) is 10.3. The Labute approximate surface area is 96.2 Å². The second kappa shape index (κ2) is 4.36. The average molecular weight is 235 g/mol. The van der Waals surface area contributed by atoms with Crippen LogP contribution in [0.25, 0.3) is 0 Å². The molecule has 2 heterocycles. The largest absolute Gasteiger partial charge is 0.477 e. The molecule has 0 unspecified atom stereocenters. The zero-order valence-corrected chi connectivity index (χ0v) is 9.31. The summed E-state index contributed by atoms with van der Waals surface area (Å²) in [5.74, 6) is -1.03. The molecule has 6 heteroatoms. The van der Waals surface area contributed by atoms with Gasteiger partial charge in [0.1, 0.15) is 10.7 Å². The van der Waals surface area contributed by atoms with Crippen molar-refractivity contribution in [3.8, 4) is 0 Å². The van der Waals surface area contributed by atoms with Crippen LogP contribution in [0.15, 0.2) is 40.8 Å². The molecule has 0 spiro atoms. The molecule has 0 saturated carbocycles. The summed E-state index contributed by atoms with van der Waals surface area (Å²) in [6.07, 6.45) is 3.51. The number of pyridine rings is 1. The number of rotatable bonds is 3. The molecule has 0 atom stereocenters. The molecule has 0 saturated heterocycles. The molecule has 0 aromatic carbocycles. The lowest BCUT2D eigenvalue weighted by Crippen LogP contribution is -2.00. The van der Waals surface area contributed by atoms with Crippen molar-refractivity contribution >= 4 is 17.7 Å². The number of hydrogen-bond donors (Lipinski definition) is 1. The summed E-state index contributed by atoms with van der Waals surface area (Å²) in [6.45, 7) is 0. The standard InChI is InChI=1S/C10H9N3O2S/c1-13-6-5-11-10(13)16-8-4-2-3-7(12-8)9(14)15/h2-6H,1H3,(H,14,15). The van der Waals surface area contributed by atoms with Crippen LogP contribution in [-0.4, -0.2) is 25.6 Å². The molecule has 0 aliphatic heterocycles. The smallest absolute Gasteiger partial charge is 0.354 e. The molecular weight excluding hydrogens is 226 g/mol. The Hall–Kier alpha value is -1.82. The van der Waals surface area contributed by atoms with Gasteiger partial charge in [0, 0.05) is 19.4 Å². The Morgan fingerprint density at radius 3 is 2.94 bits per heavy atom. The maximum atomic E-state index is 10.7. The van der Waals surface area contributed by atoms with E-state index in [9.17, 15) is 4.79 Å². The summed E-state index contributed by atoms with van der Waals surface area (Å²) in [5.41, 5.74) is 0.0409. The predicted octanol–water partition coefficient (Wildman–Crippen LogP) is 1.66. The maximum Gasteiger partial charge on any atom is 0.354 e. The van der Waals surface area contributed by atoms with E-state index in [0.29, 0.717) is 5.03 Å². The van der Waals surface area contributed by atoms with E-state index in [1.54, 1.807) is 18.3 Å². The highest BCUT2D eigenvalue weighted by Gasteiger charge is 2.07. The van der Waals surface area contributed by atoms with E-state index in [-0.39, 0.29) is 5.69 Å². The molecule has 82 valence electrons. The van der Waals surface area contributed by atoms with Gasteiger partial charge in [-0.05, 0) is 23.9 Å². The van der Waals surface area contributed by atoms with E-state index in [4.69, 9.17) is 5.11 Å². The van der Waals surface area contributed by atoms with Gasteiger partial charge in [-0.1, -0.05) is 6.07 Å². The van der Waals surface area contributed by atoms with E-state index in [2.05, 4.69) is 9.97 Å². The Bertz CT molecular complexity index is 524. The minimum Gasteiger partial charge on any atom is -0.477 e. The highest BCUT2D eigenvalue weighted by Crippen LogP contribution is 2.23. The summed E-state index contributed by atoms with van der Waals surface area (Å²) in [5, 5.41) is 10.2. The first-order chi connectivity index (χ1) is 7.66. The number of aromatic nitrogens is 3. The van der Waals surface area contributed by atoms with Crippen LogP contribution >= 0.6 is 11.8 Å². The van der Waals surface area contributed by atoms with E-state index in [1.807, 2.05) is 17.8 Å². The Morgan fingerprint density at radius 2 is 2.31 bits per heavy atom. The topological polar surface area (TPSA) is 68.0 Å². The van der Waals surface area contributed by atoms with Gasteiger partial charge in [-0.15, -0.1) is 0 Å². The molecule has 0 aliphatic carbocycles. The number of carboxylic acids is 1. The first-order valence-electron chi connectivity index (χ1n) is 4.52. The van der Waals surface area contributed by atoms with Crippen LogP contribution in [0.4, 0.5) is 0 Å². The molecule has 0 fully saturated rings. The van der Waals surface area contributed by atoms with Crippen LogP contribution < -0.4 is 0 Å². The minimum atomic E-state index is -1.03. The number of carboxylic acid groups (broad SMARTS) is 1. The van der Waals surface area contributed by atoms with Gasteiger partial charge in [-0.2, -0.15) is 0 Å². The van der Waals surface area contributed by atoms with Gasteiger partial charge in [0.25, 0.3) is 0 Å². The fraction of sp³-hybridized carbons (Fsp3) is 0.100. The lowest BCUT2D eigenvalue weighted by molar-refractivity contribution is 0.0689. The molecule has 5 nitrogen and oxygen atoms in total. The summed E-state index contributed by atoms with van der Waals surface area (Å²) in [4.78, 5) is 18.9. The third kappa shape index (κ3) is 2.22. The number of imidazole rings is 1. The van der Waals surface area contributed by atoms with Crippen LogP contribution in [0.3, 0.4) is 0 Å². The van der Waals surface area contributed by atoms with E-state index in [1.165, 1.54) is 17.8 Å². The Kier molecular flexibility index (Phi) is 2.91. The van der Waals surface area contributed by atoms with Gasteiger partial charge in [-0.25, -0.2) is 14.8 Å². The molecule has 2 aromatic rings. The summed E-state index contributed by atoms with van der Waals surface area (Å²) in [6, 6.07) is 4.89. The predicted molar refractivity (Wildman–Crippen MR) is 58.5 cm³/mol. The first kappa shape index (κ1) is 10.7. The van der Waals surface area contributed by atoms with E-state index in [0.717, 1.165) is 5.16 Å². The maximum absolute atomic E-state index is 10.7. The molecule has 0 aliphatic rings. The van der Waals surface area contributed by atoms with Gasteiger partial charge in [0.2, 0.25) is 0 Å². The van der Waals surface area contributed by atoms with Crippen LogP contribution in [0, 0.1) is 0 Å².